The summed E-state index contributed by atoms with van der Waals surface area (Å²) < 4.78 is 35.0. The maximum absolute atomic E-state index is 12.8. The van der Waals surface area contributed by atoms with Gasteiger partial charge in [-0.1, -0.05) is 24.3 Å². The number of carbonyl (C=O) groups excluding carboxylic acids is 2. The fourth-order valence-corrected chi connectivity index (χ4v) is 5.74. The number of para-hydroxylation sites is 2. The van der Waals surface area contributed by atoms with E-state index in [-0.39, 0.29) is 54.9 Å². The van der Waals surface area contributed by atoms with Gasteiger partial charge in [-0.3, -0.25) is 23.6 Å². The van der Waals surface area contributed by atoms with Crippen LogP contribution in [0.15, 0.2) is 36.4 Å². The molecule has 1 aliphatic carbocycles. The standard InChI is InChI=1S/C22H27N3O7S/c1-33(29,30)32-14(13-25-19(27)15-6-2-3-7-16(15)20(25)28)12-23-10-11-24(22-21(23)31-22)17-8-4-5-9-18(17)26/h2-5,8-9,14-16,21-22,26H,6-7,10-13H2,1H3. The van der Waals surface area contributed by atoms with E-state index in [0.717, 1.165) is 6.26 Å². The van der Waals surface area contributed by atoms with Crippen molar-refractivity contribution in [2.24, 2.45) is 11.8 Å². The van der Waals surface area contributed by atoms with Gasteiger partial charge in [0.05, 0.1) is 30.3 Å². The number of imide groups is 1. The quantitative estimate of drug-likeness (QED) is 0.259. The maximum Gasteiger partial charge on any atom is 0.264 e. The van der Waals surface area contributed by atoms with Gasteiger partial charge >= 0.3 is 0 Å². The van der Waals surface area contributed by atoms with Crippen molar-refractivity contribution < 1.29 is 32.0 Å². The molecule has 4 aliphatic rings. The number of fused-ring (bicyclic) bond motifs is 2. The van der Waals surface area contributed by atoms with E-state index in [4.69, 9.17) is 8.92 Å². The molecule has 33 heavy (non-hydrogen) atoms. The van der Waals surface area contributed by atoms with Crippen molar-refractivity contribution in [3.8, 4) is 5.75 Å². The topological polar surface area (TPSA) is 120 Å². The lowest BCUT2D eigenvalue weighted by atomic mass is 9.85. The minimum atomic E-state index is -3.81. The molecule has 0 bridgehead atoms. The molecule has 5 atom stereocenters. The first-order chi connectivity index (χ1) is 15.7. The van der Waals surface area contributed by atoms with Crippen molar-refractivity contribution in [2.75, 3.05) is 37.3 Å². The molecule has 3 saturated heterocycles. The summed E-state index contributed by atoms with van der Waals surface area (Å²) in [6, 6.07) is 7.02. The van der Waals surface area contributed by atoms with E-state index in [1.807, 2.05) is 34.1 Å². The van der Waals surface area contributed by atoms with Gasteiger partial charge in [0.2, 0.25) is 11.8 Å². The number of phenolic OH excluding ortho intramolecular Hbond substituents is 1. The van der Waals surface area contributed by atoms with Crippen LogP contribution >= 0.6 is 0 Å². The lowest BCUT2D eigenvalue weighted by Crippen LogP contribution is -2.51. The molecule has 2 amide bonds. The van der Waals surface area contributed by atoms with Gasteiger partial charge in [-0.2, -0.15) is 8.42 Å². The molecule has 3 fully saturated rings. The number of anilines is 1. The summed E-state index contributed by atoms with van der Waals surface area (Å²) in [5, 5.41) is 10.2. The third kappa shape index (κ3) is 4.37. The molecule has 1 aromatic carbocycles. The van der Waals surface area contributed by atoms with Crippen molar-refractivity contribution in [3.63, 3.8) is 0 Å². The number of amides is 2. The number of hydrogen-bond donors (Lipinski definition) is 1. The van der Waals surface area contributed by atoms with Gasteiger partial charge in [-0.05, 0) is 25.0 Å². The predicted molar refractivity (Wildman–Crippen MR) is 117 cm³/mol. The minimum Gasteiger partial charge on any atom is -0.506 e. The van der Waals surface area contributed by atoms with Crippen molar-refractivity contribution in [1.82, 2.24) is 9.80 Å². The van der Waals surface area contributed by atoms with E-state index in [1.165, 1.54) is 4.90 Å². The Morgan fingerprint density at radius 2 is 1.73 bits per heavy atom. The molecule has 10 nitrogen and oxygen atoms in total. The number of aromatic hydroxyl groups is 1. The van der Waals surface area contributed by atoms with E-state index in [0.29, 0.717) is 31.6 Å². The lowest BCUT2D eigenvalue weighted by Gasteiger charge is -2.34. The first kappa shape index (κ1) is 22.3. The van der Waals surface area contributed by atoms with Crippen LogP contribution in [-0.4, -0.2) is 86.1 Å². The van der Waals surface area contributed by atoms with E-state index in [9.17, 15) is 23.1 Å². The van der Waals surface area contributed by atoms with Gasteiger partial charge in [-0.15, -0.1) is 0 Å². The monoisotopic (exact) mass is 477 g/mol. The summed E-state index contributed by atoms with van der Waals surface area (Å²) in [5.74, 6) is -1.11. The Balaban J connectivity index is 1.28. The highest BCUT2D eigenvalue weighted by Crippen LogP contribution is 2.40. The van der Waals surface area contributed by atoms with Crippen LogP contribution in [0.5, 0.6) is 5.75 Å². The van der Waals surface area contributed by atoms with Crippen molar-refractivity contribution in [3.05, 3.63) is 36.4 Å². The van der Waals surface area contributed by atoms with Gasteiger partial charge in [0.15, 0.2) is 12.5 Å². The Bertz CT molecular complexity index is 1070. The summed E-state index contributed by atoms with van der Waals surface area (Å²) in [4.78, 5) is 30.8. The smallest absolute Gasteiger partial charge is 0.264 e. The van der Waals surface area contributed by atoms with Crippen LogP contribution in [0.25, 0.3) is 0 Å². The largest absolute Gasteiger partial charge is 0.506 e. The van der Waals surface area contributed by atoms with E-state index in [1.54, 1.807) is 12.1 Å². The molecule has 178 valence electrons. The van der Waals surface area contributed by atoms with Crippen LogP contribution < -0.4 is 4.90 Å². The maximum atomic E-state index is 12.8. The molecule has 0 spiro atoms. The average Bonchev–Trinajstić information content (AvgIpc) is 3.54. The van der Waals surface area contributed by atoms with Crippen LogP contribution in [0.4, 0.5) is 5.69 Å². The Morgan fingerprint density at radius 1 is 1.06 bits per heavy atom. The zero-order chi connectivity index (χ0) is 23.3. The lowest BCUT2D eigenvalue weighted by molar-refractivity contribution is -0.141. The van der Waals surface area contributed by atoms with Gasteiger partial charge in [0, 0.05) is 19.6 Å². The third-order valence-electron chi connectivity index (χ3n) is 6.67. The predicted octanol–water partition coefficient (Wildman–Crippen LogP) is 0.493. The molecule has 0 aromatic heterocycles. The zero-order valence-corrected chi connectivity index (χ0v) is 19.1. The highest BCUT2D eigenvalue weighted by molar-refractivity contribution is 7.86. The van der Waals surface area contributed by atoms with Gasteiger partial charge in [0.1, 0.15) is 11.9 Å². The Hall–Kier alpha value is -2.47. The molecular weight excluding hydrogens is 450 g/mol. The average molecular weight is 478 g/mol. The molecule has 0 radical (unpaired) electrons. The van der Waals surface area contributed by atoms with E-state index < -0.39 is 16.2 Å². The zero-order valence-electron chi connectivity index (χ0n) is 18.2. The molecule has 0 saturated carbocycles. The van der Waals surface area contributed by atoms with Gasteiger partial charge < -0.3 is 14.7 Å². The molecule has 1 N–H and O–H groups in total. The number of phenols is 1. The van der Waals surface area contributed by atoms with E-state index in [2.05, 4.69) is 0 Å². The third-order valence-corrected chi connectivity index (χ3v) is 7.29. The number of allylic oxidation sites excluding steroid dienone is 2. The number of rotatable bonds is 7. The summed E-state index contributed by atoms with van der Waals surface area (Å²) in [5.41, 5.74) is 0.679. The number of benzene rings is 1. The molecule has 5 rings (SSSR count). The Labute approximate surface area is 192 Å². The molecule has 1 aromatic rings. The normalized spacial score (nSPS) is 30.3. The second kappa shape index (κ2) is 8.39. The number of nitrogens with zero attached hydrogens (tertiary/aromatic N) is 3. The van der Waals surface area contributed by atoms with Crippen LogP contribution in [0.1, 0.15) is 12.8 Å². The fraction of sp³-hybridized carbons (Fsp3) is 0.545. The van der Waals surface area contributed by atoms with Crippen LogP contribution in [0.3, 0.4) is 0 Å². The first-order valence-corrected chi connectivity index (χ1v) is 12.9. The molecule has 3 heterocycles. The molecule has 11 heteroatoms. The number of likely N-dealkylation sites (tertiary alicyclic amines) is 1. The molecular formula is C22H27N3O7S. The minimum absolute atomic E-state index is 0.116. The van der Waals surface area contributed by atoms with Crippen molar-refractivity contribution >= 4 is 27.6 Å². The number of ether oxygens (including phenoxy) is 1. The van der Waals surface area contributed by atoms with Crippen molar-refractivity contribution in [2.45, 2.75) is 31.4 Å². The van der Waals surface area contributed by atoms with Crippen molar-refractivity contribution in [1.29, 1.82) is 0 Å². The number of piperazine rings is 1. The van der Waals surface area contributed by atoms with Crippen LogP contribution in [-0.2, 0) is 28.6 Å². The van der Waals surface area contributed by atoms with Gasteiger partial charge in [-0.25, -0.2) is 0 Å². The number of carbonyl (C=O) groups is 2. The Morgan fingerprint density at radius 3 is 2.36 bits per heavy atom. The van der Waals surface area contributed by atoms with E-state index >= 15 is 0 Å². The highest BCUT2D eigenvalue weighted by Gasteiger charge is 2.53. The van der Waals surface area contributed by atoms with Crippen LogP contribution in [0, 0.1) is 11.8 Å². The summed E-state index contributed by atoms with van der Waals surface area (Å²) in [6.45, 7) is 1.17. The number of epoxide rings is 1. The molecule has 3 aliphatic heterocycles. The fourth-order valence-electron chi connectivity index (χ4n) is 5.12. The first-order valence-electron chi connectivity index (χ1n) is 11.1. The second-order valence-electron chi connectivity index (χ2n) is 8.96. The summed E-state index contributed by atoms with van der Waals surface area (Å²) >= 11 is 0. The molecule has 5 unspecified atom stereocenters. The highest BCUT2D eigenvalue weighted by atomic mass is 32.2. The Kier molecular flexibility index (Phi) is 5.68. The SMILES string of the molecule is CS(=O)(=O)OC(CN1C(=O)C2CC=CCC2C1=O)CN1CCN(c2ccccc2O)C2OC21. The second-order valence-corrected chi connectivity index (χ2v) is 10.6. The van der Waals surface area contributed by atoms with Crippen LogP contribution in [0.2, 0.25) is 0 Å². The van der Waals surface area contributed by atoms with Gasteiger partial charge in [0.25, 0.3) is 10.1 Å². The summed E-state index contributed by atoms with van der Waals surface area (Å²) in [7, 11) is -3.81. The number of hydrogen-bond acceptors (Lipinski definition) is 9. The summed E-state index contributed by atoms with van der Waals surface area (Å²) in [6.07, 6.45) is 4.37.